The molecule has 1 rings (SSSR count). The van der Waals surface area contributed by atoms with Gasteiger partial charge < -0.3 is 15.3 Å². The first kappa shape index (κ1) is 12.9. The normalized spacial score (nSPS) is 23.2. The van der Waals surface area contributed by atoms with Crippen molar-refractivity contribution in [2.45, 2.75) is 45.1 Å². The smallest absolute Gasteiger partial charge is 0.0431 e. The Bertz CT molecular complexity index is 151. The van der Waals surface area contributed by atoms with Crippen LogP contribution in [0.1, 0.15) is 39.0 Å². The second-order valence-electron chi connectivity index (χ2n) is 4.48. The maximum absolute atomic E-state index is 8.69. The van der Waals surface area contributed by atoms with Gasteiger partial charge in [-0.15, -0.1) is 0 Å². The molecule has 1 atom stereocenters. The van der Waals surface area contributed by atoms with E-state index >= 15 is 0 Å². The van der Waals surface area contributed by atoms with E-state index in [-0.39, 0.29) is 0 Å². The zero-order valence-corrected chi connectivity index (χ0v) is 10.0. The van der Waals surface area contributed by atoms with Crippen molar-refractivity contribution in [2.24, 2.45) is 0 Å². The standard InChI is InChI=1S/C12H26N2O/c1-2-13-12-7-6-9-14(11-12)8-4-3-5-10-15/h12-13,15H,2-11H2,1H3. The summed E-state index contributed by atoms with van der Waals surface area (Å²) in [6.45, 7) is 7.30. The Balaban J connectivity index is 2.07. The number of hydrogen-bond acceptors (Lipinski definition) is 3. The molecule has 3 nitrogen and oxygen atoms in total. The van der Waals surface area contributed by atoms with Crippen LogP contribution < -0.4 is 5.32 Å². The lowest BCUT2D eigenvalue weighted by atomic mass is 10.1. The van der Waals surface area contributed by atoms with Gasteiger partial charge >= 0.3 is 0 Å². The van der Waals surface area contributed by atoms with Gasteiger partial charge in [0.1, 0.15) is 0 Å². The van der Waals surface area contributed by atoms with E-state index in [2.05, 4.69) is 17.1 Å². The van der Waals surface area contributed by atoms with Gasteiger partial charge in [-0.2, -0.15) is 0 Å². The van der Waals surface area contributed by atoms with Gasteiger partial charge in [-0.25, -0.2) is 0 Å². The van der Waals surface area contributed by atoms with Crippen LogP contribution in [0.2, 0.25) is 0 Å². The Hall–Kier alpha value is -0.120. The number of aliphatic hydroxyl groups excluding tert-OH is 1. The first-order valence-electron chi connectivity index (χ1n) is 6.43. The van der Waals surface area contributed by atoms with Gasteiger partial charge in [-0.1, -0.05) is 6.92 Å². The monoisotopic (exact) mass is 214 g/mol. The van der Waals surface area contributed by atoms with Crippen LogP contribution in [0.3, 0.4) is 0 Å². The predicted molar refractivity (Wildman–Crippen MR) is 64.1 cm³/mol. The fourth-order valence-electron chi connectivity index (χ4n) is 2.34. The molecule has 0 bridgehead atoms. The minimum atomic E-state index is 0.347. The number of nitrogens with zero attached hydrogens (tertiary/aromatic N) is 1. The van der Waals surface area contributed by atoms with Crippen LogP contribution in [-0.4, -0.2) is 48.8 Å². The molecule has 0 amide bonds. The largest absolute Gasteiger partial charge is 0.396 e. The molecule has 1 fully saturated rings. The molecule has 2 N–H and O–H groups in total. The summed E-state index contributed by atoms with van der Waals surface area (Å²) < 4.78 is 0. The van der Waals surface area contributed by atoms with Crippen molar-refractivity contribution in [1.29, 1.82) is 0 Å². The second kappa shape index (κ2) is 8.08. The highest BCUT2D eigenvalue weighted by atomic mass is 16.2. The fourth-order valence-corrected chi connectivity index (χ4v) is 2.34. The van der Waals surface area contributed by atoms with Crippen molar-refractivity contribution in [3.63, 3.8) is 0 Å². The summed E-state index contributed by atoms with van der Waals surface area (Å²) in [5.74, 6) is 0. The number of hydrogen-bond donors (Lipinski definition) is 2. The Morgan fingerprint density at radius 1 is 1.33 bits per heavy atom. The number of likely N-dealkylation sites (tertiary alicyclic amines) is 1. The summed E-state index contributed by atoms with van der Waals surface area (Å²) in [5.41, 5.74) is 0. The van der Waals surface area contributed by atoms with Crippen LogP contribution in [0.25, 0.3) is 0 Å². The lowest BCUT2D eigenvalue weighted by Gasteiger charge is -2.33. The Morgan fingerprint density at radius 3 is 2.93 bits per heavy atom. The molecule has 0 aliphatic carbocycles. The maximum Gasteiger partial charge on any atom is 0.0431 e. The van der Waals surface area contributed by atoms with Gasteiger partial charge in [-0.3, -0.25) is 0 Å². The molecule has 1 saturated heterocycles. The Labute approximate surface area is 93.9 Å². The van der Waals surface area contributed by atoms with Crippen molar-refractivity contribution < 1.29 is 5.11 Å². The number of aliphatic hydroxyl groups is 1. The number of nitrogens with one attached hydrogen (secondary N) is 1. The lowest BCUT2D eigenvalue weighted by molar-refractivity contribution is 0.186. The predicted octanol–water partition coefficient (Wildman–Crippen LogP) is 1.22. The van der Waals surface area contributed by atoms with Crippen LogP contribution in [0.15, 0.2) is 0 Å². The van der Waals surface area contributed by atoms with Crippen LogP contribution in [-0.2, 0) is 0 Å². The van der Waals surface area contributed by atoms with Crippen LogP contribution >= 0.6 is 0 Å². The molecule has 0 aromatic rings. The van der Waals surface area contributed by atoms with Crippen LogP contribution in [0.5, 0.6) is 0 Å². The zero-order chi connectivity index (χ0) is 10.9. The van der Waals surface area contributed by atoms with E-state index in [4.69, 9.17) is 5.11 Å². The van der Waals surface area contributed by atoms with E-state index in [0.29, 0.717) is 12.6 Å². The molecular weight excluding hydrogens is 188 g/mol. The third-order valence-corrected chi connectivity index (χ3v) is 3.13. The molecule has 0 spiro atoms. The molecule has 90 valence electrons. The molecular formula is C12H26N2O. The molecule has 0 aromatic carbocycles. The molecule has 0 saturated carbocycles. The molecule has 1 heterocycles. The summed E-state index contributed by atoms with van der Waals surface area (Å²) >= 11 is 0. The summed E-state index contributed by atoms with van der Waals surface area (Å²) in [6, 6.07) is 0.710. The molecule has 0 radical (unpaired) electrons. The number of likely N-dealkylation sites (N-methyl/N-ethyl adjacent to an activating group) is 1. The van der Waals surface area contributed by atoms with E-state index < -0.39 is 0 Å². The summed E-state index contributed by atoms with van der Waals surface area (Å²) in [5, 5.41) is 12.2. The Kier molecular flexibility index (Phi) is 6.98. The van der Waals surface area contributed by atoms with Crippen molar-refractivity contribution in [2.75, 3.05) is 32.8 Å². The topological polar surface area (TPSA) is 35.5 Å². The SMILES string of the molecule is CCNC1CCCN(CCCCCO)C1. The first-order valence-corrected chi connectivity index (χ1v) is 6.43. The molecule has 15 heavy (non-hydrogen) atoms. The van der Waals surface area contributed by atoms with Crippen molar-refractivity contribution in [1.82, 2.24) is 10.2 Å². The van der Waals surface area contributed by atoms with E-state index in [0.717, 1.165) is 13.0 Å². The molecule has 1 aliphatic rings. The first-order chi connectivity index (χ1) is 7.36. The van der Waals surface area contributed by atoms with Crippen molar-refractivity contribution in [3.05, 3.63) is 0 Å². The van der Waals surface area contributed by atoms with Gasteiger partial charge in [0.15, 0.2) is 0 Å². The van der Waals surface area contributed by atoms with Crippen molar-refractivity contribution >= 4 is 0 Å². The van der Waals surface area contributed by atoms with Gasteiger partial charge in [0.25, 0.3) is 0 Å². The van der Waals surface area contributed by atoms with Gasteiger partial charge in [0, 0.05) is 19.2 Å². The average Bonchev–Trinajstić information content (AvgIpc) is 2.26. The summed E-state index contributed by atoms with van der Waals surface area (Å²) in [6.07, 6.45) is 6.03. The highest BCUT2D eigenvalue weighted by molar-refractivity contribution is 4.77. The molecule has 3 heteroatoms. The highest BCUT2D eigenvalue weighted by Crippen LogP contribution is 2.11. The van der Waals surface area contributed by atoms with Crippen molar-refractivity contribution in [3.8, 4) is 0 Å². The third-order valence-electron chi connectivity index (χ3n) is 3.13. The average molecular weight is 214 g/mol. The highest BCUT2D eigenvalue weighted by Gasteiger charge is 2.17. The third kappa shape index (κ3) is 5.50. The minimum Gasteiger partial charge on any atom is -0.396 e. The van der Waals surface area contributed by atoms with Gasteiger partial charge in [-0.05, 0) is 51.7 Å². The van der Waals surface area contributed by atoms with E-state index in [9.17, 15) is 0 Å². The van der Waals surface area contributed by atoms with E-state index in [1.807, 2.05) is 0 Å². The van der Waals surface area contributed by atoms with Gasteiger partial charge in [0.05, 0.1) is 0 Å². The summed E-state index contributed by atoms with van der Waals surface area (Å²) in [7, 11) is 0. The van der Waals surface area contributed by atoms with Gasteiger partial charge in [0.2, 0.25) is 0 Å². The second-order valence-corrected chi connectivity index (χ2v) is 4.48. The molecule has 1 aliphatic heterocycles. The molecule has 0 aromatic heterocycles. The number of rotatable bonds is 7. The number of unbranched alkanes of at least 4 members (excludes halogenated alkanes) is 2. The lowest BCUT2D eigenvalue weighted by Crippen LogP contribution is -2.45. The van der Waals surface area contributed by atoms with Crippen LogP contribution in [0.4, 0.5) is 0 Å². The van der Waals surface area contributed by atoms with E-state index in [1.54, 1.807) is 0 Å². The zero-order valence-electron chi connectivity index (χ0n) is 10.0. The summed E-state index contributed by atoms with van der Waals surface area (Å²) in [4.78, 5) is 2.56. The fraction of sp³-hybridized carbons (Fsp3) is 1.00. The number of piperidine rings is 1. The molecule has 1 unspecified atom stereocenters. The maximum atomic E-state index is 8.69. The minimum absolute atomic E-state index is 0.347. The van der Waals surface area contributed by atoms with Crippen LogP contribution in [0, 0.1) is 0 Å². The quantitative estimate of drug-likeness (QED) is 0.626. The Morgan fingerprint density at radius 2 is 2.20 bits per heavy atom. The van der Waals surface area contributed by atoms with E-state index in [1.165, 1.54) is 45.3 Å².